The summed E-state index contributed by atoms with van der Waals surface area (Å²) in [5, 5.41) is 6.07. The first-order valence-electron chi connectivity index (χ1n) is 4.99. The molecule has 0 spiro atoms. The summed E-state index contributed by atoms with van der Waals surface area (Å²) in [6, 6.07) is 9.93. The molecule has 5 heteroatoms. The van der Waals surface area contributed by atoms with Crippen LogP contribution in [0.4, 0.5) is 0 Å². The minimum atomic E-state index is -0.0151. The monoisotopic (exact) mass is 258 g/mol. The van der Waals surface area contributed by atoms with Crippen LogP contribution in [0.3, 0.4) is 0 Å². The molecule has 2 rings (SSSR count). The molecule has 3 nitrogen and oxygen atoms in total. The van der Waals surface area contributed by atoms with Gasteiger partial charge < -0.3 is 5.32 Å². The van der Waals surface area contributed by atoms with Crippen molar-refractivity contribution in [3.05, 3.63) is 35.9 Å². The molecular formula is C11H15ClN2OS. The summed E-state index contributed by atoms with van der Waals surface area (Å²) >= 11 is 1.76. The summed E-state index contributed by atoms with van der Waals surface area (Å²) in [4.78, 5) is 11.6. The molecule has 88 valence electrons. The molecule has 2 N–H and O–H groups in total. The molecule has 16 heavy (non-hydrogen) atoms. The Morgan fingerprint density at radius 1 is 1.44 bits per heavy atom. The van der Waals surface area contributed by atoms with Crippen LogP contribution < -0.4 is 10.6 Å². The average Bonchev–Trinajstić information content (AvgIpc) is 2.81. The third kappa shape index (κ3) is 3.70. The van der Waals surface area contributed by atoms with Gasteiger partial charge in [0.15, 0.2) is 0 Å². The van der Waals surface area contributed by atoms with E-state index in [1.54, 1.807) is 11.8 Å². The van der Waals surface area contributed by atoms with Crippen LogP contribution in [0.5, 0.6) is 0 Å². The van der Waals surface area contributed by atoms with Crippen molar-refractivity contribution in [2.45, 2.75) is 12.6 Å². The third-order valence-corrected chi connectivity index (χ3v) is 3.28. The first-order valence-corrected chi connectivity index (χ1v) is 6.14. The van der Waals surface area contributed by atoms with E-state index in [4.69, 9.17) is 0 Å². The molecule has 0 radical (unpaired) electrons. The second kappa shape index (κ2) is 6.78. The van der Waals surface area contributed by atoms with Crippen LogP contribution in [-0.4, -0.2) is 23.6 Å². The molecular weight excluding hydrogens is 244 g/mol. The lowest BCUT2D eigenvalue weighted by atomic mass is 10.2. The molecule has 1 unspecified atom stereocenters. The van der Waals surface area contributed by atoms with Crippen LogP contribution in [0, 0.1) is 0 Å². The van der Waals surface area contributed by atoms with E-state index in [9.17, 15) is 4.79 Å². The Kier molecular flexibility index (Phi) is 5.66. The number of hydrogen-bond donors (Lipinski definition) is 2. The summed E-state index contributed by atoms with van der Waals surface area (Å²) < 4.78 is 0. The van der Waals surface area contributed by atoms with Gasteiger partial charge in [0.25, 0.3) is 0 Å². The highest BCUT2D eigenvalue weighted by Gasteiger charge is 2.21. The highest BCUT2D eigenvalue weighted by molar-refractivity contribution is 7.99. The number of halogens is 1. The number of carbonyl (C=O) groups is 1. The van der Waals surface area contributed by atoms with Crippen LogP contribution in [0.2, 0.25) is 0 Å². The average molecular weight is 259 g/mol. The topological polar surface area (TPSA) is 41.1 Å². The summed E-state index contributed by atoms with van der Waals surface area (Å²) in [6.07, 6.45) is 0. The Hall–Kier alpha value is -0.710. The molecule has 1 heterocycles. The zero-order chi connectivity index (χ0) is 10.5. The van der Waals surface area contributed by atoms with Crippen molar-refractivity contribution in [3.8, 4) is 0 Å². The molecule has 1 aliphatic heterocycles. The number of rotatable bonds is 3. The fraction of sp³-hybridized carbons (Fsp3) is 0.364. The number of nitrogens with one attached hydrogen (secondary N) is 2. The van der Waals surface area contributed by atoms with Gasteiger partial charge in [-0.25, -0.2) is 0 Å². The number of benzene rings is 1. The molecule has 0 bridgehead atoms. The lowest BCUT2D eigenvalue weighted by Crippen LogP contribution is -2.41. The molecule has 1 aliphatic rings. The van der Waals surface area contributed by atoms with E-state index in [1.807, 2.05) is 30.3 Å². The van der Waals surface area contributed by atoms with Crippen LogP contribution in [-0.2, 0) is 11.3 Å². The Labute approximate surface area is 106 Å². The quantitative estimate of drug-likeness (QED) is 0.861. The lowest BCUT2D eigenvalue weighted by Gasteiger charge is -2.10. The smallest absolute Gasteiger partial charge is 0.238 e. The first kappa shape index (κ1) is 13.4. The SMILES string of the molecule is Cl.O=C(NCc1ccccc1)C1CSCN1. The molecule has 1 fully saturated rings. The van der Waals surface area contributed by atoms with Crippen LogP contribution in [0.1, 0.15) is 5.56 Å². The van der Waals surface area contributed by atoms with Gasteiger partial charge in [0.05, 0.1) is 6.04 Å². The van der Waals surface area contributed by atoms with Crippen molar-refractivity contribution < 1.29 is 4.79 Å². The minimum Gasteiger partial charge on any atom is -0.351 e. The van der Waals surface area contributed by atoms with E-state index in [-0.39, 0.29) is 24.4 Å². The van der Waals surface area contributed by atoms with Gasteiger partial charge in [-0.1, -0.05) is 30.3 Å². The maximum absolute atomic E-state index is 11.6. The fourth-order valence-electron chi connectivity index (χ4n) is 1.47. The summed E-state index contributed by atoms with van der Waals surface area (Å²) in [7, 11) is 0. The van der Waals surface area contributed by atoms with Gasteiger partial charge in [0.1, 0.15) is 0 Å². The van der Waals surface area contributed by atoms with E-state index in [2.05, 4.69) is 10.6 Å². The van der Waals surface area contributed by atoms with Crippen LogP contribution >= 0.6 is 24.2 Å². The predicted octanol–water partition coefficient (Wildman–Crippen LogP) is 1.39. The van der Waals surface area contributed by atoms with Crippen molar-refractivity contribution in [2.75, 3.05) is 11.6 Å². The Morgan fingerprint density at radius 3 is 2.81 bits per heavy atom. The van der Waals surface area contributed by atoms with Gasteiger partial charge in [-0.3, -0.25) is 10.1 Å². The zero-order valence-electron chi connectivity index (χ0n) is 8.81. The van der Waals surface area contributed by atoms with Crippen molar-refractivity contribution in [3.63, 3.8) is 0 Å². The Morgan fingerprint density at radius 2 is 2.19 bits per heavy atom. The summed E-state index contributed by atoms with van der Waals surface area (Å²) in [5.41, 5.74) is 1.14. The Bertz CT molecular complexity index is 328. The second-order valence-electron chi connectivity index (χ2n) is 3.48. The van der Waals surface area contributed by atoms with Gasteiger partial charge in [-0.15, -0.1) is 24.2 Å². The van der Waals surface area contributed by atoms with Crippen molar-refractivity contribution in [2.24, 2.45) is 0 Å². The van der Waals surface area contributed by atoms with E-state index < -0.39 is 0 Å². The number of hydrogen-bond acceptors (Lipinski definition) is 3. The van der Waals surface area contributed by atoms with Gasteiger partial charge >= 0.3 is 0 Å². The molecule has 1 atom stereocenters. The minimum absolute atomic E-state index is 0. The fourth-order valence-corrected chi connectivity index (χ4v) is 2.41. The van der Waals surface area contributed by atoms with Gasteiger partial charge in [0, 0.05) is 18.2 Å². The standard InChI is InChI=1S/C11H14N2OS.ClH/c14-11(10-7-15-8-13-10)12-6-9-4-2-1-3-5-9;/h1-5,10,13H,6-8H2,(H,12,14);1H. The molecule has 1 saturated heterocycles. The van der Waals surface area contributed by atoms with Crippen molar-refractivity contribution in [1.29, 1.82) is 0 Å². The largest absolute Gasteiger partial charge is 0.351 e. The molecule has 0 aliphatic carbocycles. The van der Waals surface area contributed by atoms with Crippen molar-refractivity contribution in [1.82, 2.24) is 10.6 Å². The normalized spacial score (nSPS) is 18.9. The van der Waals surface area contributed by atoms with E-state index in [0.29, 0.717) is 6.54 Å². The van der Waals surface area contributed by atoms with Gasteiger partial charge in [-0.05, 0) is 5.56 Å². The molecule has 0 saturated carbocycles. The number of thioether (sulfide) groups is 1. The maximum Gasteiger partial charge on any atom is 0.238 e. The predicted molar refractivity (Wildman–Crippen MR) is 69.8 cm³/mol. The van der Waals surface area contributed by atoms with E-state index in [1.165, 1.54) is 0 Å². The Balaban J connectivity index is 0.00000128. The summed E-state index contributed by atoms with van der Waals surface area (Å²) in [5.74, 6) is 1.85. The van der Waals surface area contributed by atoms with Crippen molar-refractivity contribution >= 4 is 30.1 Å². The number of amides is 1. The van der Waals surface area contributed by atoms with Crippen LogP contribution in [0.25, 0.3) is 0 Å². The van der Waals surface area contributed by atoms with Gasteiger partial charge in [-0.2, -0.15) is 0 Å². The second-order valence-corrected chi connectivity index (χ2v) is 4.51. The molecule has 1 aromatic carbocycles. The number of carbonyl (C=O) groups excluding carboxylic acids is 1. The maximum atomic E-state index is 11.6. The first-order chi connectivity index (χ1) is 7.36. The molecule has 0 aromatic heterocycles. The molecule has 1 amide bonds. The molecule has 1 aromatic rings. The highest BCUT2D eigenvalue weighted by atomic mass is 35.5. The zero-order valence-corrected chi connectivity index (χ0v) is 10.4. The lowest BCUT2D eigenvalue weighted by molar-refractivity contribution is -0.122. The van der Waals surface area contributed by atoms with E-state index >= 15 is 0 Å². The highest BCUT2D eigenvalue weighted by Crippen LogP contribution is 2.09. The third-order valence-electron chi connectivity index (χ3n) is 2.34. The van der Waals surface area contributed by atoms with Gasteiger partial charge in [0.2, 0.25) is 5.91 Å². The van der Waals surface area contributed by atoms with Crippen LogP contribution in [0.15, 0.2) is 30.3 Å². The summed E-state index contributed by atoms with van der Waals surface area (Å²) in [6.45, 7) is 0.614. The van der Waals surface area contributed by atoms with E-state index in [0.717, 1.165) is 17.2 Å².